The first kappa shape index (κ1) is 15.6. The average molecular weight is 306 g/mol. The van der Waals surface area contributed by atoms with E-state index in [4.69, 9.17) is 9.47 Å². The summed E-state index contributed by atoms with van der Waals surface area (Å²) in [6.45, 7) is 10.2. The zero-order valence-electron chi connectivity index (χ0n) is 13.8. The third-order valence-corrected chi connectivity index (χ3v) is 6.26. The van der Waals surface area contributed by atoms with E-state index < -0.39 is 0 Å². The topological polar surface area (TPSA) is 52.6 Å². The Morgan fingerprint density at radius 3 is 2.77 bits per heavy atom. The molecule has 0 aromatic carbocycles. The first-order valence-corrected chi connectivity index (χ1v) is 8.46. The second-order valence-corrected chi connectivity index (χ2v) is 7.50. The SMILES string of the molecule is C=C1C(=O)O[C@@H]2C3[C@@H](C)[C@@H](OC(=O)CC)CC[C@]3(C)CC[C@@H]12. The van der Waals surface area contributed by atoms with Crippen LogP contribution in [0, 0.1) is 23.2 Å². The molecule has 1 aliphatic heterocycles. The largest absolute Gasteiger partial charge is 0.462 e. The van der Waals surface area contributed by atoms with Crippen LogP contribution in [0.5, 0.6) is 0 Å². The summed E-state index contributed by atoms with van der Waals surface area (Å²) in [4.78, 5) is 23.6. The summed E-state index contributed by atoms with van der Waals surface area (Å²) in [6, 6.07) is 0. The molecule has 3 rings (SSSR count). The minimum Gasteiger partial charge on any atom is -0.462 e. The molecule has 0 aromatic heterocycles. The van der Waals surface area contributed by atoms with Gasteiger partial charge in [-0.15, -0.1) is 0 Å². The zero-order valence-corrected chi connectivity index (χ0v) is 13.8. The van der Waals surface area contributed by atoms with Crippen molar-refractivity contribution in [3.63, 3.8) is 0 Å². The number of fused-ring (bicyclic) bond motifs is 3. The van der Waals surface area contributed by atoms with Gasteiger partial charge in [0.25, 0.3) is 0 Å². The lowest BCUT2D eigenvalue weighted by molar-refractivity contribution is -0.174. The van der Waals surface area contributed by atoms with Crippen LogP contribution in [0.4, 0.5) is 0 Å². The smallest absolute Gasteiger partial charge is 0.334 e. The highest BCUT2D eigenvalue weighted by Gasteiger charge is 2.58. The predicted octanol–water partition coefficient (Wildman–Crippen LogP) is 3.25. The number of ether oxygens (including phenoxy) is 2. The summed E-state index contributed by atoms with van der Waals surface area (Å²) in [6.07, 6.45) is 4.27. The molecule has 22 heavy (non-hydrogen) atoms. The van der Waals surface area contributed by atoms with Crippen LogP contribution >= 0.6 is 0 Å². The van der Waals surface area contributed by atoms with Crippen molar-refractivity contribution in [2.75, 3.05) is 0 Å². The van der Waals surface area contributed by atoms with E-state index in [9.17, 15) is 9.59 Å². The Hall–Kier alpha value is -1.32. The lowest BCUT2D eigenvalue weighted by atomic mass is 9.53. The average Bonchev–Trinajstić information content (AvgIpc) is 2.76. The summed E-state index contributed by atoms with van der Waals surface area (Å²) < 4.78 is 11.3. The van der Waals surface area contributed by atoms with E-state index in [-0.39, 0.29) is 47.3 Å². The van der Waals surface area contributed by atoms with Gasteiger partial charge in [0, 0.05) is 23.8 Å². The number of carbonyl (C=O) groups is 2. The van der Waals surface area contributed by atoms with Crippen LogP contribution in [0.1, 0.15) is 52.9 Å². The van der Waals surface area contributed by atoms with Crippen molar-refractivity contribution in [3.8, 4) is 0 Å². The highest BCUT2D eigenvalue weighted by Crippen LogP contribution is 2.57. The maximum Gasteiger partial charge on any atom is 0.334 e. The molecule has 0 aromatic rings. The van der Waals surface area contributed by atoms with Crippen LogP contribution in [-0.2, 0) is 19.1 Å². The molecule has 2 saturated carbocycles. The number of hydrogen-bond acceptors (Lipinski definition) is 4. The fourth-order valence-corrected chi connectivity index (χ4v) is 4.95. The molecule has 0 spiro atoms. The van der Waals surface area contributed by atoms with Crippen LogP contribution in [-0.4, -0.2) is 24.1 Å². The number of rotatable bonds is 2. The highest BCUT2D eigenvalue weighted by atomic mass is 16.6. The van der Waals surface area contributed by atoms with Gasteiger partial charge in [-0.1, -0.05) is 27.4 Å². The Bertz CT molecular complexity index is 511. The van der Waals surface area contributed by atoms with E-state index in [1.54, 1.807) is 0 Å². The van der Waals surface area contributed by atoms with Gasteiger partial charge in [-0.3, -0.25) is 4.79 Å². The van der Waals surface area contributed by atoms with E-state index in [2.05, 4.69) is 20.4 Å². The summed E-state index contributed by atoms with van der Waals surface area (Å²) in [7, 11) is 0. The quantitative estimate of drug-likeness (QED) is 0.580. The van der Waals surface area contributed by atoms with Crippen LogP contribution < -0.4 is 0 Å². The van der Waals surface area contributed by atoms with Crippen molar-refractivity contribution in [2.24, 2.45) is 23.2 Å². The molecule has 122 valence electrons. The fourth-order valence-electron chi connectivity index (χ4n) is 4.95. The molecule has 0 radical (unpaired) electrons. The number of hydrogen-bond donors (Lipinski definition) is 0. The van der Waals surface area contributed by atoms with E-state index in [1.807, 2.05) is 6.92 Å². The second kappa shape index (κ2) is 5.39. The third-order valence-electron chi connectivity index (χ3n) is 6.26. The maximum absolute atomic E-state index is 11.9. The molecule has 1 heterocycles. The lowest BCUT2D eigenvalue weighted by Crippen LogP contribution is -2.53. The molecule has 3 aliphatic rings. The van der Waals surface area contributed by atoms with Gasteiger partial charge in [0.1, 0.15) is 12.2 Å². The summed E-state index contributed by atoms with van der Waals surface area (Å²) in [5.41, 5.74) is 0.799. The van der Waals surface area contributed by atoms with Gasteiger partial charge >= 0.3 is 11.9 Å². The van der Waals surface area contributed by atoms with Gasteiger partial charge in [-0.2, -0.15) is 0 Å². The van der Waals surface area contributed by atoms with Crippen molar-refractivity contribution >= 4 is 11.9 Å². The molecule has 3 fully saturated rings. The van der Waals surface area contributed by atoms with Gasteiger partial charge < -0.3 is 9.47 Å². The van der Waals surface area contributed by atoms with Crippen LogP contribution in [0.3, 0.4) is 0 Å². The molecular formula is C18H26O4. The van der Waals surface area contributed by atoms with Gasteiger partial charge in [0.05, 0.1) is 0 Å². The zero-order chi connectivity index (χ0) is 16.1. The van der Waals surface area contributed by atoms with Gasteiger partial charge in [0.2, 0.25) is 0 Å². The minimum absolute atomic E-state index is 0.0585. The minimum atomic E-state index is -0.237. The molecular weight excluding hydrogens is 280 g/mol. The lowest BCUT2D eigenvalue weighted by Gasteiger charge is -2.54. The molecule has 0 N–H and O–H groups in total. The Morgan fingerprint density at radius 1 is 1.41 bits per heavy atom. The normalized spacial score (nSPS) is 44.0. The van der Waals surface area contributed by atoms with E-state index in [0.717, 1.165) is 25.7 Å². The summed E-state index contributed by atoms with van der Waals surface area (Å²) >= 11 is 0. The van der Waals surface area contributed by atoms with E-state index in [1.165, 1.54) is 0 Å². The molecule has 1 unspecified atom stereocenters. The predicted molar refractivity (Wildman–Crippen MR) is 81.9 cm³/mol. The van der Waals surface area contributed by atoms with Crippen LogP contribution in [0.2, 0.25) is 0 Å². The van der Waals surface area contributed by atoms with Gasteiger partial charge in [-0.25, -0.2) is 4.79 Å². The van der Waals surface area contributed by atoms with Crippen molar-refractivity contribution in [2.45, 2.75) is 65.1 Å². The van der Waals surface area contributed by atoms with Crippen molar-refractivity contribution in [1.82, 2.24) is 0 Å². The summed E-state index contributed by atoms with van der Waals surface area (Å²) in [5, 5.41) is 0. The van der Waals surface area contributed by atoms with Crippen molar-refractivity contribution < 1.29 is 19.1 Å². The summed E-state index contributed by atoms with van der Waals surface area (Å²) in [5.74, 6) is 0.229. The van der Waals surface area contributed by atoms with Crippen LogP contribution in [0.15, 0.2) is 12.2 Å². The second-order valence-electron chi connectivity index (χ2n) is 7.50. The van der Waals surface area contributed by atoms with Crippen molar-refractivity contribution in [3.05, 3.63) is 12.2 Å². The molecule has 1 saturated heterocycles. The first-order chi connectivity index (χ1) is 10.4. The Labute approximate surface area is 132 Å². The molecule has 4 nitrogen and oxygen atoms in total. The third kappa shape index (κ3) is 2.27. The molecule has 4 heteroatoms. The van der Waals surface area contributed by atoms with Crippen LogP contribution in [0.25, 0.3) is 0 Å². The molecule has 6 atom stereocenters. The Kier molecular flexibility index (Phi) is 3.82. The monoisotopic (exact) mass is 306 g/mol. The van der Waals surface area contributed by atoms with E-state index in [0.29, 0.717) is 12.0 Å². The van der Waals surface area contributed by atoms with E-state index >= 15 is 0 Å². The molecule has 2 aliphatic carbocycles. The standard InChI is InChI=1S/C18H26O4/c1-5-14(19)21-13-7-9-18(4)8-6-12-10(2)17(20)22-16(12)15(18)11(13)3/h11-13,15-16H,2,5-9H2,1,3-4H3/t11-,12-,13-,15?,16-,18-/m0/s1. The fraction of sp³-hybridized carbons (Fsp3) is 0.778. The number of carbonyl (C=O) groups excluding carboxylic acids is 2. The first-order valence-electron chi connectivity index (χ1n) is 8.46. The number of esters is 2. The van der Waals surface area contributed by atoms with Gasteiger partial charge in [0.15, 0.2) is 0 Å². The van der Waals surface area contributed by atoms with Crippen molar-refractivity contribution in [1.29, 1.82) is 0 Å². The Balaban J connectivity index is 1.85. The van der Waals surface area contributed by atoms with Gasteiger partial charge in [-0.05, 0) is 37.0 Å². The highest BCUT2D eigenvalue weighted by molar-refractivity contribution is 5.90. The molecule has 0 amide bonds. The maximum atomic E-state index is 11.9. The molecule has 0 bridgehead atoms. The Morgan fingerprint density at radius 2 is 2.09 bits per heavy atom.